The van der Waals surface area contributed by atoms with Gasteiger partial charge in [-0.1, -0.05) is 18.7 Å². The van der Waals surface area contributed by atoms with Gasteiger partial charge in [0, 0.05) is 17.0 Å². The number of nitrogens with one attached hydrogen (secondary N) is 1. The fourth-order valence-electron chi connectivity index (χ4n) is 4.51. The van der Waals surface area contributed by atoms with E-state index in [1.165, 1.54) is 11.1 Å². The van der Waals surface area contributed by atoms with Gasteiger partial charge in [0.2, 0.25) is 0 Å². The molecule has 2 heterocycles. The summed E-state index contributed by atoms with van der Waals surface area (Å²) in [6.45, 7) is 4.74. The Bertz CT molecular complexity index is 667. The molecule has 0 radical (unpaired) electrons. The molecule has 1 spiro atoms. The summed E-state index contributed by atoms with van der Waals surface area (Å²) in [5, 5.41) is 13.9. The summed E-state index contributed by atoms with van der Waals surface area (Å²) >= 11 is 0. The van der Waals surface area contributed by atoms with Crippen molar-refractivity contribution in [1.29, 1.82) is 0 Å². The van der Waals surface area contributed by atoms with Crippen LogP contribution in [-0.2, 0) is 16.6 Å². The third-order valence-corrected chi connectivity index (χ3v) is 5.32. The van der Waals surface area contributed by atoms with E-state index < -0.39 is 0 Å². The Morgan fingerprint density at radius 3 is 3.18 bits per heavy atom. The summed E-state index contributed by atoms with van der Waals surface area (Å²) in [6.07, 6.45) is 6.39. The summed E-state index contributed by atoms with van der Waals surface area (Å²) in [5.41, 5.74) is 2.37. The van der Waals surface area contributed by atoms with Crippen molar-refractivity contribution in [2.45, 2.75) is 36.8 Å². The smallest absolute Gasteiger partial charge is 0.166 e. The van der Waals surface area contributed by atoms with Crippen LogP contribution in [0.25, 0.3) is 0 Å². The van der Waals surface area contributed by atoms with Crippen LogP contribution in [0.15, 0.2) is 36.6 Å². The lowest BCUT2D eigenvalue weighted by Crippen LogP contribution is -2.55. The fourth-order valence-corrected chi connectivity index (χ4v) is 4.51. The Kier molecular flexibility index (Phi) is 2.98. The molecule has 3 aliphatic rings. The number of hydrogen-bond acceptors (Lipinski definition) is 4. The molecule has 2 bridgehead atoms. The van der Waals surface area contributed by atoms with E-state index in [2.05, 4.69) is 11.9 Å². The SMILES string of the molecule is C=C/C=C(/OC)[C@@H]1Oc2c(O)ccc3c2[C@@]12CCN[C@H](C3)C2. The second kappa shape index (κ2) is 4.78. The van der Waals surface area contributed by atoms with Gasteiger partial charge in [0.1, 0.15) is 5.76 Å². The van der Waals surface area contributed by atoms with Gasteiger partial charge in [0.25, 0.3) is 0 Å². The monoisotopic (exact) mass is 299 g/mol. The summed E-state index contributed by atoms with van der Waals surface area (Å²) < 4.78 is 11.8. The van der Waals surface area contributed by atoms with Crippen molar-refractivity contribution in [3.05, 3.63) is 47.7 Å². The first-order valence-corrected chi connectivity index (χ1v) is 7.81. The van der Waals surface area contributed by atoms with E-state index >= 15 is 0 Å². The number of allylic oxidation sites excluding steroid dienone is 2. The van der Waals surface area contributed by atoms with E-state index in [1.807, 2.05) is 12.1 Å². The Balaban J connectivity index is 1.92. The van der Waals surface area contributed by atoms with E-state index in [-0.39, 0.29) is 17.3 Å². The van der Waals surface area contributed by atoms with Crippen LogP contribution >= 0.6 is 0 Å². The van der Waals surface area contributed by atoms with Crippen molar-refractivity contribution in [3.8, 4) is 11.5 Å². The number of methoxy groups -OCH3 is 1. The average molecular weight is 299 g/mol. The first-order valence-electron chi connectivity index (χ1n) is 7.81. The highest BCUT2D eigenvalue weighted by atomic mass is 16.5. The Labute approximate surface area is 130 Å². The Morgan fingerprint density at radius 2 is 2.41 bits per heavy atom. The van der Waals surface area contributed by atoms with Crippen molar-refractivity contribution in [2.75, 3.05) is 13.7 Å². The fraction of sp³-hybridized carbons (Fsp3) is 0.444. The van der Waals surface area contributed by atoms with Crippen molar-refractivity contribution < 1.29 is 14.6 Å². The van der Waals surface area contributed by atoms with Gasteiger partial charge in [0.15, 0.2) is 17.6 Å². The lowest BCUT2D eigenvalue weighted by Gasteiger charge is -2.46. The molecule has 0 unspecified atom stereocenters. The number of benzene rings is 1. The summed E-state index contributed by atoms with van der Waals surface area (Å²) in [5.74, 6) is 1.65. The van der Waals surface area contributed by atoms with Crippen molar-refractivity contribution in [1.82, 2.24) is 5.32 Å². The molecule has 4 rings (SSSR count). The van der Waals surface area contributed by atoms with Crippen molar-refractivity contribution >= 4 is 0 Å². The normalized spacial score (nSPS) is 32.1. The molecule has 116 valence electrons. The largest absolute Gasteiger partial charge is 0.504 e. The lowest BCUT2D eigenvalue weighted by atomic mass is 9.62. The van der Waals surface area contributed by atoms with Crippen LogP contribution < -0.4 is 10.1 Å². The summed E-state index contributed by atoms with van der Waals surface area (Å²) in [4.78, 5) is 0. The van der Waals surface area contributed by atoms with Crippen LogP contribution in [0.2, 0.25) is 0 Å². The highest BCUT2D eigenvalue weighted by Gasteiger charge is 2.57. The van der Waals surface area contributed by atoms with E-state index in [9.17, 15) is 5.11 Å². The Morgan fingerprint density at radius 1 is 1.55 bits per heavy atom. The van der Waals surface area contributed by atoms with Gasteiger partial charge in [-0.3, -0.25) is 0 Å². The number of phenols is 1. The molecule has 2 N–H and O–H groups in total. The summed E-state index contributed by atoms with van der Waals surface area (Å²) in [6, 6.07) is 4.25. The van der Waals surface area contributed by atoms with E-state index in [1.54, 1.807) is 19.3 Å². The van der Waals surface area contributed by atoms with E-state index in [4.69, 9.17) is 9.47 Å². The zero-order chi connectivity index (χ0) is 15.3. The molecule has 0 amide bonds. The number of ether oxygens (including phenoxy) is 2. The molecule has 1 aromatic carbocycles. The predicted octanol–water partition coefficient (Wildman–Crippen LogP) is 2.42. The molecular formula is C18H21NO3. The number of aromatic hydroxyl groups is 1. The average Bonchev–Trinajstić information content (AvgIpc) is 2.84. The predicted molar refractivity (Wildman–Crippen MR) is 84.2 cm³/mol. The standard InChI is InChI=1S/C18H21NO3/c1-3-4-14(21-2)17-18-7-8-19-12(10-18)9-11-5-6-13(20)16(22-17)15(11)18/h3-6,12,17,19-20H,1,7-10H2,2H3/b14-4+/t12-,17+,18+/m1/s1. The second-order valence-electron chi connectivity index (χ2n) is 6.42. The first-order chi connectivity index (χ1) is 10.7. The molecule has 1 aromatic rings. The zero-order valence-electron chi connectivity index (χ0n) is 12.8. The second-order valence-corrected chi connectivity index (χ2v) is 6.42. The molecule has 0 aromatic heterocycles. The molecule has 1 aliphatic carbocycles. The van der Waals surface area contributed by atoms with Gasteiger partial charge >= 0.3 is 0 Å². The van der Waals surface area contributed by atoms with Crippen LogP contribution in [-0.4, -0.2) is 30.9 Å². The summed E-state index contributed by atoms with van der Waals surface area (Å²) in [7, 11) is 1.67. The molecule has 4 heteroatoms. The molecular weight excluding hydrogens is 278 g/mol. The van der Waals surface area contributed by atoms with Gasteiger partial charge < -0.3 is 19.9 Å². The number of piperidine rings is 1. The molecule has 22 heavy (non-hydrogen) atoms. The van der Waals surface area contributed by atoms with Crippen LogP contribution in [0.5, 0.6) is 11.5 Å². The number of phenolic OH excluding ortho intramolecular Hbond substituents is 1. The lowest BCUT2D eigenvalue weighted by molar-refractivity contribution is 0.0750. The van der Waals surface area contributed by atoms with Crippen LogP contribution in [0.3, 0.4) is 0 Å². The molecule has 1 fully saturated rings. The van der Waals surface area contributed by atoms with Crippen LogP contribution in [0.1, 0.15) is 24.0 Å². The number of rotatable bonds is 3. The minimum atomic E-state index is -0.192. The molecule has 1 saturated heterocycles. The minimum Gasteiger partial charge on any atom is -0.504 e. The van der Waals surface area contributed by atoms with Gasteiger partial charge in [-0.15, -0.1) is 0 Å². The number of hydrogen-bond donors (Lipinski definition) is 2. The van der Waals surface area contributed by atoms with E-state index in [0.717, 1.165) is 31.6 Å². The number of fused-ring (bicyclic) bond motifs is 1. The van der Waals surface area contributed by atoms with Crippen LogP contribution in [0.4, 0.5) is 0 Å². The maximum absolute atomic E-state index is 10.3. The van der Waals surface area contributed by atoms with Crippen molar-refractivity contribution in [3.63, 3.8) is 0 Å². The molecule has 3 atom stereocenters. The zero-order valence-corrected chi connectivity index (χ0v) is 12.8. The Hall–Kier alpha value is -1.94. The molecule has 0 saturated carbocycles. The molecule has 2 aliphatic heterocycles. The maximum Gasteiger partial charge on any atom is 0.166 e. The topological polar surface area (TPSA) is 50.7 Å². The quantitative estimate of drug-likeness (QED) is 0.665. The van der Waals surface area contributed by atoms with E-state index in [0.29, 0.717) is 11.8 Å². The highest BCUT2D eigenvalue weighted by Crippen LogP contribution is 2.58. The third-order valence-electron chi connectivity index (χ3n) is 5.32. The van der Waals surface area contributed by atoms with Crippen LogP contribution in [0, 0.1) is 0 Å². The van der Waals surface area contributed by atoms with Crippen molar-refractivity contribution in [2.24, 2.45) is 0 Å². The van der Waals surface area contributed by atoms with Gasteiger partial charge in [-0.2, -0.15) is 0 Å². The van der Waals surface area contributed by atoms with Gasteiger partial charge in [0.05, 0.1) is 7.11 Å². The minimum absolute atomic E-state index is 0.109. The highest BCUT2D eigenvalue weighted by molar-refractivity contribution is 5.60. The maximum atomic E-state index is 10.3. The first kappa shape index (κ1) is 13.7. The van der Waals surface area contributed by atoms with Gasteiger partial charge in [-0.25, -0.2) is 0 Å². The third kappa shape index (κ3) is 1.67. The van der Waals surface area contributed by atoms with Gasteiger partial charge in [-0.05, 0) is 43.5 Å². The molecule has 4 nitrogen and oxygen atoms in total.